The van der Waals surface area contributed by atoms with E-state index in [2.05, 4.69) is 10.6 Å². The van der Waals surface area contributed by atoms with Crippen molar-refractivity contribution in [2.45, 2.75) is 27.7 Å². The van der Waals surface area contributed by atoms with Gasteiger partial charge >= 0.3 is 11.9 Å². The van der Waals surface area contributed by atoms with Crippen molar-refractivity contribution in [3.05, 3.63) is 50.9 Å². The highest BCUT2D eigenvalue weighted by Gasteiger charge is 2.26. The highest BCUT2D eigenvalue weighted by molar-refractivity contribution is 7.18. The minimum Gasteiger partial charge on any atom is -0.462 e. The summed E-state index contributed by atoms with van der Waals surface area (Å²) in [7, 11) is 1.47. The van der Waals surface area contributed by atoms with Crippen molar-refractivity contribution in [2.75, 3.05) is 25.6 Å². The first-order valence-electron chi connectivity index (χ1n) is 9.25. The van der Waals surface area contributed by atoms with E-state index in [4.69, 9.17) is 9.47 Å². The van der Waals surface area contributed by atoms with Gasteiger partial charge in [0.25, 0.3) is 11.8 Å². The Morgan fingerprint density at radius 2 is 1.60 bits per heavy atom. The van der Waals surface area contributed by atoms with E-state index >= 15 is 0 Å². The first-order chi connectivity index (χ1) is 14.2. The van der Waals surface area contributed by atoms with E-state index in [0.29, 0.717) is 11.1 Å². The monoisotopic (exact) mass is 432 g/mol. The maximum atomic E-state index is 12.3. The number of aryl methyl sites for hydroxylation is 2. The Hall–Kier alpha value is -3.20. The molecule has 9 heteroatoms. The van der Waals surface area contributed by atoms with E-state index in [-0.39, 0.29) is 28.0 Å². The Labute approximate surface area is 178 Å². The van der Waals surface area contributed by atoms with E-state index in [0.717, 1.165) is 22.5 Å². The summed E-state index contributed by atoms with van der Waals surface area (Å²) in [5.74, 6) is -2.30. The molecule has 0 aliphatic rings. The van der Waals surface area contributed by atoms with Crippen LogP contribution in [0.25, 0.3) is 0 Å². The number of rotatable bonds is 7. The van der Waals surface area contributed by atoms with Crippen molar-refractivity contribution in [2.24, 2.45) is 0 Å². The number of carbonyl (C=O) groups excluding carboxylic acids is 4. The summed E-state index contributed by atoms with van der Waals surface area (Å²) in [5, 5.41) is 5.20. The molecule has 1 aromatic carbocycles. The summed E-state index contributed by atoms with van der Waals surface area (Å²) in [4.78, 5) is 49.2. The fourth-order valence-corrected chi connectivity index (χ4v) is 4.01. The molecular weight excluding hydrogens is 408 g/mol. The molecule has 0 fully saturated rings. The van der Waals surface area contributed by atoms with Gasteiger partial charge in [-0.3, -0.25) is 9.59 Å². The number of ether oxygens (including phenoxy) is 2. The lowest BCUT2D eigenvalue weighted by Gasteiger charge is -2.08. The highest BCUT2D eigenvalue weighted by Crippen LogP contribution is 2.33. The second kappa shape index (κ2) is 10.0. The number of amides is 2. The van der Waals surface area contributed by atoms with Crippen LogP contribution >= 0.6 is 11.3 Å². The Balaban J connectivity index is 2.16. The summed E-state index contributed by atoms with van der Waals surface area (Å²) in [6.07, 6.45) is 0. The van der Waals surface area contributed by atoms with Gasteiger partial charge in [0, 0.05) is 7.05 Å². The fraction of sp³-hybridized carbons (Fsp3) is 0.333. The van der Waals surface area contributed by atoms with E-state index in [1.54, 1.807) is 26.0 Å². The topological polar surface area (TPSA) is 111 Å². The average Bonchev–Trinajstić information content (AvgIpc) is 3.00. The van der Waals surface area contributed by atoms with Crippen LogP contribution in [0.2, 0.25) is 0 Å². The molecule has 0 saturated heterocycles. The molecule has 8 nitrogen and oxygen atoms in total. The molecule has 0 aliphatic carbocycles. The zero-order valence-electron chi connectivity index (χ0n) is 17.5. The van der Waals surface area contributed by atoms with Crippen molar-refractivity contribution in [3.63, 3.8) is 0 Å². The molecule has 0 radical (unpaired) electrons. The standard InChI is InChI=1S/C21H24N2O6S/c1-6-28-21(27)16-13(4)17(18(25)22-5)30-19(16)23-15(24)10-29-20(26)14-8-11(2)7-12(3)9-14/h7-9H,6,10H2,1-5H3,(H,22,25)(H,23,24). The quantitative estimate of drug-likeness (QED) is 0.651. The number of thiophene rings is 1. The lowest BCUT2D eigenvalue weighted by Crippen LogP contribution is -2.22. The molecule has 0 bridgehead atoms. The van der Waals surface area contributed by atoms with Crippen molar-refractivity contribution in [3.8, 4) is 0 Å². The molecule has 0 saturated carbocycles. The maximum absolute atomic E-state index is 12.3. The number of hydrogen-bond donors (Lipinski definition) is 2. The van der Waals surface area contributed by atoms with Crippen molar-refractivity contribution in [1.29, 1.82) is 0 Å². The minimum absolute atomic E-state index is 0.106. The lowest BCUT2D eigenvalue weighted by atomic mass is 10.1. The lowest BCUT2D eigenvalue weighted by molar-refractivity contribution is -0.119. The van der Waals surface area contributed by atoms with Crippen molar-refractivity contribution < 1.29 is 28.7 Å². The van der Waals surface area contributed by atoms with Gasteiger partial charge in [-0.15, -0.1) is 11.3 Å². The molecule has 1 aromatic heterocycles. The van der Waals surface area contributed by atoms with Gasteiger partial charge in [-0.1, -0.05) is 17.2 Å². The third-order valence-corrected chi connectivity index (χ3v) is 5.31. The summed E-state index contributed by atoms with van der Waals surface area (Å²) in [5.41, 5.74) is 2.67. The Bertz CT molecular complexity index is 975. The smallest absolute Gasteiger partial charge is 0.341 e. The second-order valence-corrected chi connectivity index (χ2v) is 7.58. The Morgan fingerprint density at radius 3 is 2.17 bits per heavy atom. The number of hydrogen-bond acceptors (Lipinski definition) is 7. The minimum atomic E-state index is -0.649. The molecule has 0 atom stereocenters. The largest absolute Gasteiger partial charge is 0.462 e. The van der Waals surface area contributed by atoms with Gasteiger partial charge in [0.2, 0.25) is 0 Å². The average molecular weight is 432 g/mol. The molecule has 2 amide bonds. The fourth-order valence-electron chi connectivity index (χ4n) is 2.85. The molecule has 0 spiro atoms. The van der Waals surface area contributed by atoms with Crippen LogP contribution in [0.3, 0.4) is 0 Å². The highest BCUT2D eigenvalue weighted by atomic mass is 32.1. The SMILES string of the molecule is CCOC(=O)c1c(NC(=O)COC(=O)c2cc(C)cc(C)c2)sc(C(=O)NC)c1C. The van der Waals surface area contributed by atoms with Crippen LogP contribution < -0.4 is 10.6 Å². The number of esters is 2. The predicted molar refractivity (Wildman–Crippen MR) is 113 cm³/mol. The normalized spacial score (nSPS) is 10.3. The number of anilines is 1. The van der Waals surface area contributed by atoms with Gasteiger partial charge in [-0.25, -0.2) is 9.59 Å². The van der Waals surface area contributed by atoms with Gasteiger partial charge in [0.05, 0.1) is 22.6 Å². The van der Waals surface area contributed by atoms with Gasteiger partial charge in [0.1, 0.15) is 5.00 Å². The third-order valence-electron chi connectivity index (χ3n) is 4.10. The molecule has 2 aromatic rings. The van der Waals surface area contributed by atoms with Gasteiger partial charge < -0.3 is 20.1 Å². The summed E-state index contributed by atoms with van der Waals surface area (Å²) in [6.45, 7) is 6.57. The van der Waals surface area contributed by atoms with Crippen LogP contribution in [-0.2, 0) is 14.3 Å². The molecule has 0 unspecified atom stereocenters. The first kappa shape index (κ1) is 23.1. The molecular formula is C21H24N2O6S. The Kier molecular flexibility index (Phi) is 7.71. The Morgan fingerprint density at radius 1 is 0.967 bits per heavy atom. The van der Waals surface area contributed by atoms with Crippen molar-refractivity contribution >= 4 is 40.1 Å². The van der Waals surface area contributed by atoms with E-state index in [1.165, 1.54) is 7.05 Å². The third kappa shape index (κ3) is 5.44. The van der Waals surface area contributed by atoms with Crippen LogP contribution in [0, 0.1) is 20.8 Å². The second-order valence-electron chi connectivity index (χ2n) is 6.56. The van der Waals surface area contributed by atoms with Gasteiger partial charge in [0.15, 0.2) is 6.61 Å². The zero-order valence-corrected chi connectivity index (χ0v) is 18.3. The summed E-state index contributed by atoms with van der Waals surface area (Å²) in [6, 6.07) is 5.26. The van der Waals surface area contributed by atoms with Crippen LogP contribution in [0.5, 0.6) is 0 Å². The summed E-state index contributed by atoms with van der Waals surface area (Å²) >= 11 is 0.951. The zero-order chi connectivity index (χ0) is 22.4. The van der Waals surface area contributed by atoms with E-state index in [1.807, 2.05) is 19.9 Å². The van der Waals surface area contributed by atoms with Crippen LogP contribution in [0.1, 0.15) is 54.0 Å². The van der Waals surface area contributed by atoms with Crippen LogP contribution in [-0.4, -0.2) is 44.0 Å². The molecule has 2 N–H and O–H groups in total. The van der Waals surface area contributed by atoms with E-state index < -0.39 is 24.5 Å². The molecule has 1 heterocycles. The number of carbonyl (C=O) groups is 4. The molecule has 160 valence electrons. The van der Waals surface area contributed by atoms with E-state index in [9.17, 15) is 19.2 Å². The molecule has 2 rings (SSSR count). The molecule has 0 aliphatic heterocycles. The van der Waals surface area contributed by atoms with Crippen LogP contribution in [0.4, 0.5) is 5.00 Å². The van der Waals surface area contributed by atoms with Gasteiger partial charge in [-0.05, 0) is 45.4 Å². The van der Waals surface area contributed by atoms with Gasteiger partial charge in [-0.2, -0.15) is 0 Å². The predicted octanol–water partition coefficient (Wildman–Crippen LogP) is 3.01. The molecule has 30 heavy (non-hydrogen) atoms. The summed E-state index contributed by atoms with van der Waals surface area (Å²) < 4.78 is 10.1. The number of benzene rings is 1. The van der Waals surface area contributed by atoms with Crippen molar-refractivity contribution in [1.82, 2.24) is 5.32 Å². The maximum Gasteiger partial charge on any atom is 0.341 e. The number of nitrogens with one attached hydrogen (secondary N) is 2. The first-order valence-corrected chi connectivity index (χ1v) is 10.1. The van der Waals surface area contributed by atoms with Crippen LogP contribution in [0.15, 0.2) is 18.2 Å².